The molecule has 0 aliphatic rings. The molecule has 1 N–H and O–H groups in total. The van der Waals surface area contributed by atoms with Crippen LogP contribution in [0.25, 0.3) is 0 Å². The number of hydrogen-bond donors (Lipinski definition) is 1. The molecule has 0 aromatic carbocycles. The molecule has 0 aliphatic heterocycles. The van der Waals surface area contributed by atoms with Crippen molar-refractivity contribution in [1.82, 2.24) is 4.31 Å². The van der Waals surface area contributed by atoms with Gasteiger partial charge < -0.3 is 0 Å². The van der Waals surface area contributed by atoms with E-state index >= 15 is 0 Å². The minimum atomic E-state index is -3.82. The highest BCUT2D eigenvalue weighted by Crippen LogP contribution is 2.12. The molecule has 0 rings (SSSR count). The van der Waals surface area contributed by atoms with Crippen molar-refractivity contribution in [3.8, 4) is 6.07 Å². The van der Waals surface area contributed by atoms with Gasteiger partial charge in [-0.1, -0.05) is 26.7 Å². The van der Waals surface area contributed by atoms with E-state index in [1.54, 1.807) is 5.87 Å². The average molecular weight is 257 g/mol. The maximum atomic E-state index is 12.0. The fourth-order valence-electron chi connectivity index (χ4n) is 1.30. The zero-order valence-electron chi connectivity index (χ0n) is 10.4. The van der Waals surface area contributed by atoms with E-state index in [4.69, 9.17) is 10.7 Å². The Labute approximate surface area is 103 Å². The second-order valence-electron chi connectivity index (χ2n) is 3.68. The van der Waals surface area contributed by atoms with Gasteiger partial charge in [-0.05, 0) is 12.8 Å². The van der Waals surface area contributed by atoms with Crippen LogP contribution in [0.3, 0.4) is 0 Å². The Kier molecular flexibility index (Phi) is 7.47. The van der Waals surface area contributed by atoms with Crippen LogP contribution in [0.2, 0.25) is 0 Å². The maximum Gasteiger partial charge on any atom is 0.262 e. The lowest BCUT2D eigenvalue weighted by Gasteiger charge is -2.20. The van der Waals surface area contributed by atoms with Crippen LogP contribution < -0.4 is 0 Å². The third kappa shape index (κ3) is 4.70. The Balaban J connectivity index is 5.02. The summed E-state index contributed by atoms with van der Waals surface area (Å²) in [6.45, 7) is 4.74. The summed E-state index contributed by atoms with van der Waals surface area (Å²) in [6, 6.07) is 1.51. The topological polar surface area (TPSA) is 85.0 Å². The second kappa shape index (κ2) is 8.02. The molecular weight excluding hydrogens is 238 g/mol. The summed E-state index contributed by atoms with van der Waals surface area (Å²) in [5.74, 6) is 1.70. The molecular formula is C11H19N3O2S. The number of unbranched alkanes of at least 4 members (excludes halogenated alkanes) is 2. The van der Waals surface area contributed by atoms with Gasteiger partial charge in [0.05, 0.1) is 0 Å². The van der Waals surface area contributed by atoms with Gasteiger partial charge in [-0.2, -0.15) is 9.57 Å². The lowest BCUT2D eigenvalue weighted by molar-refractivity contribution is 0.400. The van der Waals surface area contributed by atoms with Gasteiger partial charge in [0.25, 0.3) is 10.0 Å². The molecule has 0 atom stereocenters. The van der Waals surface area contributed by atoms with Crippen molar-refractivity contribution in [1.29, 1.82) is 10.7 Å². The molecule has 0 aromatic heterocycles. The van der Waals surface area contributed by atoms with Crippen molar-refractivity contribution < 1.29 is 8.42 Å². The van der Waals surface area contributed by atoms with Gasteiger partial charge in [0.2, 0.25) is 4.91 Å². The number of allylic oxidation sites excluding steroid dienone is 1. The number of sulfonamides is 1. The fraction of sp³-hybridized carbons (Fsp3) is 0.727. The summed E-state index contributed by atoms with van der Waals surface area (Å²) >= 11 is 0. The van der Waals surface area contributed by atoms with E-state index in [0.29, 0.717) is 13.1 Å². The Morgan fingerprint density at radius 1 is 1.24 bits per heavy atom. The summed E-state index contributed by atoms with van der Waals surface area (Å²) in [6.07, 6.45) is 3.27. The highest BCUT2D eigenvalue weighted by atomic mass is 32.2. The highest BCUT2D eigenvalue weighted by Gasteiger charge is 2.26. The Morgan fingerprint density at radius 3 is 2.00 bits per heavy atom. The third-order valence-corrected chi connectivity index (χ3v) is 4.09. The molecule has 17 heavy (non-hydrogen) atoms. The van der Waals surface area contributed by atoms with E-state index in [1.807, 2.05) is 13.8 Å². The van der Waals surface area contributed by atoms with E-state index < -0.39 is 14.9 Å². The van der Waals surface area contributed by atoms with Gasteiger partial charge in [-0.25, -0.2) is 8.42 Å². The van der Waals surface area contributed by atoms with E-state index in [2.05, 4.69) is 0 Å². The monoisotopic (exact) mass is 257 g/mol. The van der Waals surface area contributed by atoms with Crippen molar-refractivity contribution in [3.05, 3.63) is 4.91 Å². The molecule has 0 spiro atoms. The zero-order chi connectivity index (χ0) is 13.3. The van der Waals surface area contributed by atoms with Crippen molar-refractivity contribution in [2.45, 2.75) is 39.5 Å². The number of nitrogens with one attached hydrogen (secondary N) is 1. The van der Waals surface area contributed by atoms with Crippen LogP contribution in [-0.4, -0.2) is 31.7 Å². The Hall–Kier alpha value is -1.15. The summed E-state index contributed by atoms with van der Waals surface area (Å²) in [5, 5.41) is 15.5. The molecule has 0 radical (unpaired) electrons. The van der Waals surface area contributed by atoms with Crippen LogP contribution >= 0.6 is 0 Å². The molecule has 0 aromatic rings. The normalized spacial score (nSPS) is 10.9. The van der Waals surface area contributed by atoms with Gasteiger partial charge in [-0.15, -0.1) is 0 Å². The summed E-state index contributed by atoms with van der Waals surface area (Å²) < 4.78 is 25.3. The predicted molar refractivity (Wildman–Crippen MR) is 67.2 cm³/mol. The highest BCUT2D eigenvalue weighted by molar-refractivity contribution is 7.93. The summed E-state index contributed by atoms with van der Waals surface area (Å²) in [7, 11) is -3.82. The molecule has 0 unspecified atom stereocenters. The number of nitrogens with zero attached hydrogens (tertiary/aromatic N) is 2. The van der Waals surface area contributed by atoms with Gasteiger partial charge >= 0.3 is 0 Å². The standard InChI is InChI=1S/C11H19N3O2S/c1-3-5-7-14(8-6-4-2)17(15,16)11(9-12)10-13/h12H,3-8H2,1-2H3. The summed E-state index contributed by atoms with van der Waals surface area (Å²) in [4.78, 5) is -0.607. The first-order valence-corrected chi connectivity index (χ1v) is 7.18. The average Bonchev–Trinajstić information content (AvgIpc) is 2.30. The van der Waals surface area contributed by atoms with E-state index in [1.165, 1.54) is 10.4 Å². The van der Waals surface area contributed by atoms with Crippen molar-refractivity contribution in [3.63, 3.8) is 0 Å². The van der Waals surface area contributed by atoms with E-state index in [0.717, 1.165) is 25.7 Å². The van der Waals surface area contributed by atoms with Crippen LogP contribution in [0.1, 0.15) is 39.5 Å². The van der Waals surface area contributed by atoms with E-state index in [9.17, 15) is 8.42 Å². The largest absolute Gasteiger partial charge is 0.262 e. The third-order valence-electron chi connectivity index (χ3n) is 2.34. The molecule has 0 saturated carbocycles. The Bertz CT molecular complexity index is 408. The number of hydrogen-bond acceptors (Lipinski definition) is 4. The van der Waals surface area contributed by atoms with Gasteiger partial charge in [0.1, 0.15) is 6.07 Å². The van der Waals surface area contributed by atoms with Crippen LogP contribution in [0, 0.1) is 16.7 Å². The Morgan fingerprint density at radius 2 is 1.71 bits per heavy atom. The molecule has 96 valence electrons. The molecule has 0 fully saturated rings. The molecule has 0 heterocycles. The fourth-order valence-corrected chi connectivity index (χ4v) is 2.54. The maximum absolute atomic E-state index is 12.0. The first-order valence-electron chi connectivity index (χ1n) is 5.74. The first kappa shape index (κ1) is 15.9. The van der Waals surface area contributed by atoms with Crippen LogP contribution in [0.15, 0.2) is 4.91 Å². The SMILES string of the molecule is CCCCN(CCCC)S(=O)(=O)C(=C=N)C#N. The van der Waals surface area contributed by atoms with E-state index in [-0.39, 0.29) is 0 Å². The minimum absolute atomic E-state index is 0.395. The van der Waals surface area contributed by atoms with Gasteiger partial charge in [0, 0.05) is 19.0 Å². The summed E-state index contributed by atoms with van der Waals surface area (Å²) in [5.41, 5.74) is 0. The molecule has 0 bridgehead atoms. The van der Waals surface area contributed by atoms with Crippen molar-refractivity contribution in [2.24, 2.45) is 0 Å². The number of nitriles is 1. The molecule has 0 aliphatic carbocycles. The number of rotatable bonds is 8. The smallest absolute Gasteiger partial charge is 0.257 e. The van der Waals surface area contributed by atoms with Crippen molar-refractivity contribution in [2.75, 3.05) is 13.1 Å². The molecule has 0 amide bonds. The van der Waals surface area contributed by atoms with Crippen molar-refractivity contribution >= 4 is 15.9 Å². The lowest BCUT2D eigenvalue weighted by atomic mass is 10.3. The zero-order valence-corrected chi connectivity index (χ0v) is 11.2. The van der Waals surface area contributed by atoms with Gasteiger partial charge in [0.15, 0.2) is 0 Å². The second-order valence-corrected chi connectivity index (χ2v) is 5.55. The first-order chi connectivity index (χ1) is 8.04. The molecule has 5 nitrogen and oxygen atoms in total. The minimum Gasteiger partial charge on any atom is -0.257 e. The van der Waals surface area contributed by atoms with Crippen LogP contribution in [-0.2, 0) is 10.0 Å². The van der Waals surface area contributed by atoms with Crippen LogP contribution in [0.4, 0.5) is 0 Å². The molecule has 6 heteroatoms. The van der Waals surface area contributed by atoms with Crippen LogP contribution in [0.5, 0.6) is 0 Å². The quantitative estimate of drug-likeness (QED) is 0.532. The molecule has 0 saturated heterocycles. The van der Waals surface area contributed by atoms with Gasteiger partial charge in [-0.3, -0.25) is 5.41 Å². The lowest BCUT2D eigenvalue weighted by Crippen LogP contribution is -2.33. The predicted octanol–water partition coefficient (Wildman–Crippen LogP) is 1.87.